The third-order valence-corrected chi connectivity index (χ3v) is 4.71. The minimum Gasteiger partial charge on any atom is -0.322 e. The quantitative estimate of drug-likeness (QED) is 0.907. The van der Waals surface area contributed by atoms with Crippen LogP contribution in [-0.2, 0) is 0 Å². The van der Waals surface area contributed by atoms with Crippen LogP contribution < -0.4 is 5.73 Å². The second kappa shape index (κ2) is 5.59. The number of nitrogens with two attached hydrogens (primary N) is 1. The van der Waals surface area contributed by atoms with Crippen molar-refractivity contribution in [3.8, 4) is 0 Å². The van der Waals surface area contributed by atoms with Crippen LogP contribution in [0, 0.1) is 11.7 Å². The summed E-state index contributed by atoms with van der Waals surface area (Å²) in [5.74, 6) is 0.495. The highest BCUT2D eigenvalue weighted by atomic mass is 19.1. The molecule has 1 aromatic carbocycles. The zero-order chi connectivity index (χ0) is 14.0. The number of benzene rings is 1. The molecule has 0 spiro atoms. The first-order valence-electron chi connectivity index (χ1n) is 7.14. The van der Waals surface area contributed by atoms with E-state index in [1.165, 1.54) is 25.0 Å². The fourth-order valence-electron chi connectivity index (χ4n) is 3.51. The Labute approximate surface area is 115 Å². The molecule has 2 N–H and O–H groups in total. The normalized spacial score (nSPS) is 29.5. The first kappa shape index (κ1) is 14.5. The van der Waals surface area contributed by atoms with Gasteiger partial charge in [0.1, 0.15) is 5.82 Å². The summed E-state index contributed by atoms with van der Waals surface area (Å²) in [5.41, 5.74) is 7.58. The van der Waals surface area contributed by atoms with Crippen molar-refractivity contribution in [2.45, 2.75) is 44.2 Å². The molecular weight excluding hydrogens is 239 g/mol. The molecule has 19 heavy (non-hydrogen) atoms. The molecule has 1 saturated carbocycles. The average molecular weight is 264 g/mol. The molecule has 3 unspecified atom stereocenters. The van der Waals surface area contributed by atoms with Gasteiger partial charge in [0.05, 0.1) is 0 Å². The largest absolute Gasteiger partial charge is 0.322 e. The fourth-order valence-corrected chi connectivity index (χ4v) is 3.51. The van der Waals surface area contributed by atoms with Crippen LogP contribution in [0.2, 0.25) is 0 Å². The molecule has 0 saturated heterocycles. The summed E-state index contributed by atoms with van der Waals surface area (Å²) in [6.45, 7) is 2.30. The summed E-state index contributed by atoms with van der Waals surface area (Å²) in [4.78, 5) is 2.27. The molecule has 0 radical (unpaired) electrons. The third kappa shape index (κ3) is 2.82. The van der Waals surface area contributed by atoms with Crippen molar-refractivity contribution in [1.29, 1.82) is 0 Å². The Balaban J connectivity index is 2.30. The zero-order valence-electron chi connectivity index (χ0n) is 12.2. The van der Waals surface area contributed by atoms with Gasteiger partial charge in [-0.25, -0.2) is 4.39 Å². The summed E-state index contributed by atoms with van der Waals surface area (Å²) < 4.78 is 13.1. The highest BCUT2D eigenvalue weighted by molar-refractivity contribution is 5.24. The lowest BCUT2D eigenvalue weighted by Gasteiger charge is -2.49. The predicted octanol–water partition coefficient (Wildman–Crippen LogP) is 3.34. The molecule has 0 amide bonds. The van der Waals surface area contributed by atoms with E-state index in [4.69, 9.17) is 5.73 Å². The summed E-state index contributed by atoms with van der Waals surface area (Å²) in [6, 6.07) is 6.59. The fraction of sp³-hybridized carbons (Fsp3) is 0.625. The molecule has 0 bridgehead atoms. The van der Waals surface area contributed by atoms with Crippen molar-refractivity contribution < 1.29 is 4.39 Å². The Kier molecular flexibility index (Phi) is 4.26. The van der Waals surface area contributed by atoms with Crippen LogP contribution in [0.3, 0.4) is 0 Å². The Bertz CT molecular complexity index is 415. The highest BCUT2D eigenvalue weighted by Crippen LogP contribution is 2.42. The van der Waals surface area contributed by atoms with Gasteiger partial charge in [-0.3, -0.25) is 0 Å². The molecule has 0 aliphatic heterocycles. The van der Waals surface area contributed by atoms with Crippen LogP contribution in [0.1, 0.15) is 44.2 Å². The second-order valence-electron chi connectivity index (χ2n) is 6.23. The standard InChI is InChI=1S/C16H25FN2/c1-12-5-4-10-16(11-12,19(2)3)15(18)13-6-8-14(17)9-7-13/h6-9,12,15H,4-5,10-11,18H2,1-3H3. The van der Waals surface area contributed by atoms with Crippen molar-refractivity contribution in [3.05, 3.63) is 35.6 Å². The lowest BCUT2D eigenvalue weighted by atomic mass is 9.70. The number of halogens is 1. The minimum absolute atomic E-state index is 0.00447. The van der Waals surface area contributed by atoms with E-state index in [1.54, 1.807) is 0 Å². The van der Waals surface area contributed by atoms with Gasteiger partial charge in [0, 0.05) is 11.6 Å². The number of rotatable bonds is 3. The van der Waals surface area contributed by atoms with Gasteiger partial charge in [0.25, 0.3) is 0 Å². The summed E-state index contributed by atoms with van der Waals surface area (Å²) in [6.07, 6.45) is 4.72. The maximum absolute atomic E-state index is 13.1. The third-order valence-electron chi connectivity index (χ3n) is 4.71. The predicted molar refractivity (Wildman–Crippen MR) is 77.4 cm³/mol. The number of hydrogen-bond donors (Lipinski definition) is 1. The summed E-state index contributed by atoms with van der Waals surface area (Å²) >= 11 is 0. The van der Waals surface area contributed by atoms with Gasteiger partial charge in [0.15, 0.2) is 0 Å². The molecule has 1 aliphatic carbocycles. The van der Waals surface area contributed by atoms with Gasteiger partial charge >= 0.3 is 0 Å². The lowest BCUT2D eigenvalue weighted by Crippen LogP contribution is -2.54. The van der Waals surface area contributed by atoms with Crippen LogP contribution in [-0.4, -0.2) is 24.5 Å². The van der Waals surface area contributed by atoms with Crippen molar-refractivity contribution in [2.75, 3.05) is 14.1 Å². The Morgan fingerprint density at radius 3 is 2.47 bits per heavy atom. The second-order valence-corrected chi connectivity index (χ2v) is 6.23. The van der Waals surface area contributed by atoms with Gasteiger partial charge in [0.2, 0.25) is 0 Å². The van der Waals surface area contributed by atoms with Crippen molar-refractivity contribution in [1.82, 2.24) is 4.90 Å². The monoisotopic (exact) mass is 264 g/mol. The molecule has 0 aromatic heterocycles. The smallest absolute Gasteiger partial charge is 0.123 e. The van der Waals surface area contributed by atoms with Gasteiger partial charge in [-0.1, -0.05) is 31.9 Å². The van der Waals surface area contributed by atoms with Gasteiger partial charge in [-0.2, -0.15) is 0 Å². The molecule has 3 atom stereocenters. The van der Waals surface area contributed by atoms with E-state index >= 15 is 0 Å². The number of nitrogens with zero attached hydrogens (tertiary/aromatic N) is 1. The van der Waals surface area contributed by atoms with Crippen molar-refractivity contribution in [3.63, 3.8) is 0 Å². The highest BCUT2D eigenvalue weighted by Gasteiger charge is 2.42. The molecular formula is C16H25FN2. The lowest BCUT2D eigenvalue weighted by molar-refractivity contribution is 0.0499. The van der Waals surface area contributed by atoms with E-state index in [-0.39, 0.29) is 17.4 Å². The van der Waals surface area contributed by atoms with Gasteiger partial charge in [-0.05, 0) is 50.6 Å². The molecule has 1 fully saturated rings. The zero-order valence-corrected chi connectivity index (χ0v) is 12.2. The van der Waals surface area contributed by atoms with Crippen LogP contribution in [0.4, 0.5) is 4.39 Å². The van der Waals surface area contributed by atoms with E-state index in [2.05, 4.69) is 25.9 Å². The summed E-state index contributed by atoms with van der Waals surface area (Å²) in [5, 5.41) is 0. The maximum atomic E-state index is 13.1. The first-order valence-corrected chi connectivity index (χ1v) is 7.14. The number of likely N-dealkylation sites (N-methyl/N-ethyl adjacent to an activating group) is 1. The first-order chi connectivity index (χ1) is 8.95. The Hall–Kier alpha value is -0.930. The van der Waals surface area contributed by atoms with Gasteiger partial charge in [-0.15, -0.1) is 0 Å². The Morgan fingerprint density at radius 1 is 1.32 bits per heavy atom. The van der Waals surface area contributed by atoms with E-state index < -0.39 is 0 Å². The molecule has 2 nitrogen and oxygen atoms in total. The van der Waals surface area contributed by atoms with Crippen LogP contribution in [0.25, 0.3) is 0 Å². The van der Waals surface area contributed by atoms with E-state index in [0.29, 0.717) is 5.92 Å². The molecule has 2 rings (SSSR count). The number of hydrogen-bond acceptors (Lipinski definition) is 2. The Morgan fingerprint density at radius 2 is 1.95 bits per heavy atom. The molecule has 106 valence electrons. The molecule has 1 aromatic rings. The molecule has 0 heterocycles. The summed E-state index contributed by atoms with van der Waals surface area (Å²) in [7, 11) is 4.23. The molecule has 1 aliphatic rings. The van der Waals surface area contributed by atoms with Crippen molar-refractivity contribution >= 4 is 0 Å². The van der Waals surface area contributed by atoms with Gasteiger partial charge < -0.3 is 10.6 Å². The maximum Gasteiger partial charge on any atom is 0.123 e. The minimum atomic E-state index is -0.202. The topological polar surface area (TPSA) is 29.3 Å². The van der Waals surface area contributed by atoms with E-state index in [9.17, 15) is 4.39 Å². The van der Waals surface area contributed by atoms with Crippen molar-refractivity contribution in [2.24, 2.45) is 11.7 Å². The SMILES string of the molecule is CC1CCCC(C(N)c2ccc(F)cc2)(N(C)C)C1. The van der Waals surface area contributed by atoms with Crippen LogP contribution in [0.15, 0.2) is 24.3 Å². The van der Waals surface area contributed by atoms with E-state index in [1.807, 2.05) is 12.1 Å². The van der Waals surface area contributed by atoms with Crippen LogP contribution in [0.5, 0.6) is 0 Å². The van der Waals surface area contributed by atoms with Crippen LogP contribution >= 0.6 is 0 Å². The molecule has 3 heteroatoms. The van der Waals surface area contributed by atoms with E-state index in [0.717, 1.165) is 18.4 Å². The average Bonchev–Trinajstić information content (AvgIpc) is 2.38.